The number of pyridine rings is 1. The number of carbonyl (C=O) groups excluding carboxylic acids is 1. The molecule has 0 saturated carbocycles. The quantitative estimate of drug-likeness (QED) is 0.574. The lowest BCUT2D eigenvalue weighted by molar-refractivity contribution is 0.0963. The SMILES string of the molecule is CNC(=O)c1cccc(-c2cnc3[nH]cc(-c4ccccc4C)c3c2)c1. The summed E-state index contributed by atoms with van der Waals surface area (Å²) >= 11 is 0. The first-order valence-electron chi connectivity index (χ1n) is 8.53. The fraction of sp³-hybridized carbons (Fsp3) is 0.0909. The minimum Gasteiger partial charge on any atom is -0.355 e. The number of hydrogen-bond acceptors (Lipinski definition) is 2. The van der Waals surface area contributed by atoms with Crippen molar-refractivity contribution in [2.24, 2.45) is 0 Å². The summed E-state index contributed by atoms with van der Waals surface area (Å²) < 4.78 is 0. The van der Waals surface area contributed by atoms with Gasteiger partial charge in [-0.3, -0.25) is 4.79 Å². The number of benzene rings is 2. The number of rotatable bonds is 3. The molecule has 4 aromatic rings. The maximum absolute atomic E-state index is 11.9. The van der Waals surface area contributed by atoms with Crippen LogP contribution in [-0.4, -0.2) is 22.9 Å². The summed E-state index contributed by atoms with van der Waals surface area (Å²) in [4.78, 5) is 19.7. The molecule has 4 heteroatoms. The Balaban J connectivity index is 1.85. The van der Waals surface area contributed by atoms with E-state index in [0.717, 1.165) is 27.7 Å². The first kappa shape index (κ1) is 16.1. The van der Waals surface area contributed by atoms with Gasteiger partial charge in [-0.25, -0.2) is 4.98 Å². The number of carbonyl (C=O) groups is 1. The highest BCUT2D eigenvalue weighted by molar-refractivity contribution is 5.98. The number of hydrogen-bond donors (Lipinski definition) is 2. The molecular weight excluding hydrogens is 322 g/mol. The highest BCUT2D eigenvalue weighted by atomic mass is 16.1. The third-order valence-corrected chi connectivity index (χ3v) is 4.65. The first-order valence-corrected chi connectivity index (χ1v) is 8.53. The van der Waals surface area contributed by atoms with Crippen molar-refractivity contribution in [2.75, 3.05) is 7.05 Å². The lowest BCUT2D eigenvalue weighted by Crippen LogP contribution is -2.17. The molecule has 0 aliphatic carbocycles. The number of aromatic amines is 1. The van der Waals surface area contributed by atoms with E-state index in [4.69, 9.17) is 0 Å². The third-order valence-electron chi connectivity index (χ3n) is 4.65. The Labute approximate surface area is 151 Å². The second kappa shape index (κ2) is 6.48. The van der Waals surface area contributed by atoms with Crippen LogP contribution >= 0.6 is 0 Å². The molecule has 0 atom stereocenters. The summed E-state index contributed by atoms with van der Waals surface area (Å²) in [6.07, 6.45) is 3.84. The van der Waals surface area contributed by atoms with Gasteiger partial charge in [0.15, 0.2) is 0 Å². The Morgan fingerprint density at radius 2 is 1.85 bits per heavy atom. The van der Waals surface area contributed by atoms with E-state index in [1.807, 2.05) is 48.8 Å². The number of aryl methyl sites for hydroxylation is 1. The summed E-state index contributed by atoms with van der Waals surface area (Å²) in [6.45, 7) is 2.11. The molecule has 1 amide bonds. The van der Waals surface area contributed by atoms with E-state index in [1.54, 1.807) is 7.05 Å². The second-order valence-electron chi connectivity index (χ2n) is 6.30. The van der Waals surface area contributed by atoms with Crippen molar-refractivity contribution >= 4 is 16.9 Å². The first-order chi connectivity index (χ1) is 12.7. The molecule has 2 aromatic carbocycles. The predicted molar refractivity (Wildman–Crippen MR) is 105 cm³/mol. The molecule has 0 bridgehead atoms. The van der Waals surface area contributed by atoms with Gasteiger partial charge >= 0.3 is 0 Å². The van der Waals surface area contributed by atoms with E-state index in [9.17, 15) is 4.79 Å². The number of H-pyrrole nitrogens is 1. The molecule has 0 aliphatic rings. The molecule has 26 heavy (non-hydrogen) atoms. The Morgan fingerprint density at radius 1 is 1.00 bits per heavy atom. The summed E-state index contributed by atoms with van der Waals surface area (Å²) in [5, 5.41) is 3.73. The summed E-state index contributed by atoms with van der Waals surface area (Å²) in [7, 11) is 1.64. The number of fused-ring (bicyclic) bond motifs is 1. The molecule has 2 aromatic heterocycles. The highest BCUT2D eigenvalue weighted by Gasteiger charge is 2.11. The number of nitrogens with zero attached hydrogens (tertiary/aromatic N) is 1. The Bertz CT molecular complexity index is 1110. The van der Waals surface area contributed by atoms with Crippen molar-refractivity contribution < 1.29 is 4.79 Å². The van der Waals surface area contributed by atoms with Gasteiger partial charge in [-0.1, -0.05) is 36.4 Å². The van der Waals surface area contributed by atoms with Gasteiger partial charge < -0.3 is 10.3 Å². The van der Waals surface area contributed by atoms with Crippen molar-refractivity contribution in [3.05, 3.63) is 78.1 Å². The smallest absolute Gasteiger partial charge is 0.251 e. The van der Waals surface area contributed by atoms with E-state index in [2.05, 4.69) is 40.4 Å². The molecule has 128 valence electrons. The molecule has 0 saturated heterocycles. The van der Waals surface area contributed by atoms with Crippen LogP contribution in [0.5, 0.6) is 0 Å². The Morgan fingerprint density at radius 3 is 2.65 bits per heavy atom. The fourth-order valence-corrected chi connectivity index (χ4v) is 3.24. The van der Waals surface area contributed by atoms with Gasteiger partial charge in [0.25, 0.3) is 5.91 Å². The molecule has 0 unspecified atom stereocenters. The van der Waals surface area contributed by atoms with Crippen LogP contribution in [0.3, 0.4) is 0 Å². The highest BCUT2D eigenvalue weighted by Crippen LogP contribution is 2.32. The molecule has 4 rings (SSSR count). The van der Waals surface area contributed by atoms with Gasteiger partial charge in [0, 0.05) is 41.5 Å². The normalized spacial score (nSPS) is 10.8. The zero-order valence-electron chi connectivity index (χ0n) is 14.7. The monoisotopic (exact) mass is 341 g/mol. The zero-order valence-corrected chi connectivity index (χ0v) is 14.7. The molecular formula is C22H19N3O. The van der Waals surface area contributed by atoms with E-state index in [1.165, 1.54) is 11.1 Å². The molecule has 0 aliphatic heterocycles. The largest absolute Gasteiger partial charge is 0.355 e. The third kappa shape index (κ3) is 2.75. The standard InChI is InChI=1S/C22H19N3O/c1-14-6-3-4-9-18(14)20-13-25-21-19(20)11-17(12-24-21)15-7-5-8-16(10-15)22(26)23-2/h3-13H,1-2H3,(H,23,26)(H,24,25). The summed E-state index contributed by atoms with van der Waals surface area (Å²) in [6, 6.07) is 18.0. The topological polar surface area (TPSA) is 57.8 Å². The number of amides is 1. The maximum atomic E-state index is 11.9. The Kier molecular flexibility index (Phi) is 4.01. The van der Waals surface area contributed by atoms with Crippen LogP contribution in [0, 0.1) is 6.92 Å². The second-order valence-corrected chi connectivity index (χ2v) is 6.30. The minimum atomic E-state index is -0.0943. The van der Waals surface area contributed by atoms with Gasteiger partial charge in [-0.15, -0.1) is 0 Å². The van der Waals surface area contributed by atoms with Gasteiger partial charge in [0.05, 0.1) is 0 Å². The van der Waals surface area contributed by atoms with Crippen molar-refractivity contribution in [1.29, 1.82) is 0 Å². The van der Waals surface area contributed by atoms with Crippen LogP contribution < -0.4 is 5.32 Å². The van der Waals surface area contributed by atoms with E-state index < -0.39 is 0 Å². The molecule has 2 heterocycles. The van der Waals surface area contributed by atoms with Crippen molar-refractivity contribution in [3.8, 4) is 22.3 Å². The average molecular weight is 341 g/mol. The molecule has 0 spiro atoms. The molecule has 2 N–H and O–H groups in total. The van der Waals surface area contributed by atoms with Gasteiger partial charge in [-0.05, 0) is 41.8 Å². The van der Waals surface area contributed by atoms with Gasteiger partial charge in [0.2, 0.25) is 0 Å². The predicted octanol–water partition coefficient (Wildman–Crippen LogP) is 4.56. The lowest BCUT2D eigenvalue weighted by atomic mass is 9.98. The van der Waals surface area contributed by atoms with Crippen LogP contribution in [0.2, 0.25) is 0 Å². The van der Waals surface area contributed by atoms with Crippen molar-refractivity contribution in [1.82, 2.24) is 15.3 Å². The summed E-state index contributed by atoms with van der Waals surface area (Å²) in [5.74, 6) is -0.0943. The van der Waals surface area contributed by atoms with Crippen LogP contribution in [0.25, 0.3) is 33.3 Å². The van der Waals surface area contributed by atoms with Gasteiger partial charge in [-0.2, -0.15) is 0 Å². The average Bonchev–Trinajstić information content (AvgIpc) is 3.11. The lowest BCUT2D eigenvalue weighted by Gasteiger charge is -2.07. The van der Waals surface area contributed by atoms with E-state index in [0.29, 0.717) is 5.56 Å². The molecule has 0 radical (unpaired) electrons. The fourth-order valence-electron chi connectivity index (χ4n) is 3.24. The van der Waals surface area contributed by atoms with Gasteiger partial charge in [0.1, 0.15) is 5.65 Å². The zero-order chi connectivity index (χ0) is 18.1. The summed E-state index contributed by atoms with van der Waals surface area (Å²) in [5.41, 5.74) is 7.00. The van der Waals surface area contributed by atoms with Crippen molar-refractivity contribution in [3.63, 3.8) is 0 Å². The Hall–Kier alpha value is -3.40. The van der Waals surface area contributed by atoms with Crippen LogP contribution in [0.15, 0.2) is 67.0 Å². The maximum Gasteiger partial charge on any atom is 0.251 e. The van der Waals surface area contributed by atoms with Crippen LogP contribution in [0.4, 0.5) is 0 Å². The van der Waals surface area contributed by atoms with E-state index in [-0.39, 0.29) is 5.91 Å². The molecule has 0 fully saturated rings. The van der Waals surface area contributed by atoms with Crippen molar-refractivity contribution in [2.45, 2.75) is 6.92 Å². The minimum absolute atomic E-state index is 0.0943. The van der Waals surface area contributed by atoms with E-state index >= 15 is 0 Å². The number of nitrogens with one attached hydrogen (secondary N) is 2. The van der Waals surface area contributed by atoms with Crippen LogP contribution in [0.1, 0.15) is 15.9 Å². The molecule has 4 nitrogen and oxygen atoms in total. The number of aromatic nitrogens is 2. The van der Waals surface area contributed by atoms with Crippen LogP contribution in [-0.2, 0) is 0 Å².